The van der Waals surface area contributed by atoms with E-state index in [9.17, 15) is 14.7 Å². The van der Waals surface area contributed by atoms with E-state index in [0.717, 1.165) is 60.9 Å². The number of ether oxygens (including phenoxy) is 1. The Morgan fingerprint density at radius 1 is 1.02 bits per heavy atom. The van der Waals surface area contributed by atoms with Crippen LogP contribution in [0, 0.1) is 34.6 Å². The number of fused-ring (bicyclic) bond motifs is 1. The molecule has 1 amide bonds. The summed E-state index contributed by atoms with van der Waals surface area (Å²) in [7, 11) is 1.88. The van der Waals surface area contributed by atoms with E-state index in [1.54, 1.807) is 11.6 Å². The Bertz CT molecular complexity index is 1920. The van der Waals surface area contributed by atoms with Gasteiger partial charge in [-0.1, -0.05) is 29.3 Å². The van der Waals surface area contributed by atoms with Crippen molar-refractivity contribution in [3.8, 4) is 16.9 Å². The molecule has 9 nitrogen and oxygen atoms in total. The molecule has 0 spiro atoms. The summed E-state index contributed by atoms with van der Waals surface area (Å²) in [5.41, 5.74) is 7.80. The second kappa shape index (κ2) is 12.3. The lowest BCUT2D eigenvalue weighted by atomic mass is 9.98. The number of halogens is 2. The van der Waals surface area contributed by atoms with Gasteiger partial charge in [0, 0.05) is 34.3 Å². The molecule has 5 rings (SSSR count). The van der Waals surface area contributed by atoms with Gasteiger partial charge in [-0.25, -0.2) is 4.79 Å². The van der Waals surface area contributed by atoms with Gasteiger partial charge >= 0.3 is 5.97 Å². The summed E-state index contributed by atoms with van der Waals surface area (Å²) in [5.74, 6) is -0.811. The van der Waals surface area contributed by atoms with Gasteiger partial charge in [0.2, 0.25) is 0 Å². The maximum absolute atomic E-state index is 13.8. The first kappa shape index (κ1) is 31.1. The van der Waals surface area contributed by atoms with Gasteiger partial charge in [0.1, 0.15) is 11.4 Å². The number of anilines is 1. The first-order valence-corrected chi connectivity index (χ1v) is 14.9. The minimum absolute atomic E-state index is 0.0149. The van der Waals surface area contributed by atoms with Crippen LogP contribution in [0.25, 0.3) is 22.0 Å². The third kappa shape index (κ3) is 5.89. The number of aryl methyl sites for hydroxylation is 6. The average molecular weight is 635 g/mol. The van der Waals surface area contributed by atoms with Gasteiger partial charge in [0.15, 0.2) is 0 Å². The number of carboxylic acid groups (broad SMARTS) is 1. The highest BCUT2D eigenvalue weighted by Gasteiger charge is 2.24. The van der Waals surface area contributed by atoms with Crippen molar-refractivity contribution in [2.24, 2.45) is 7.05 Å². The zero-order chi connectivity index (χ0) is 31.9. The number of aromatic carboxylic acids is 1. The van der Waals surface area contributed by atoms with Crippen molar-refractivity contribution < 1.29 is 19.4 Å². The Kier molecular flexibility index (Phi) is 8.72. The van der Waals surface area contributed by atoms with Crippen molar-refractivity contribution in [2.45, 2.75) is 47.5 Å². The minimum atomic E-state index is -1.12. The number of amides is 1. The van der Waals surface area contributed by atoms with E-state index in [0.29, 0.717) is 35.9 Å². The fourth-order valence-electron chi connectivity index (χ4n) is 5.57. The number of aromatic amines is 1. The molecule has 3 N–H and O–H groups in total. The monoisotopic (exact) mass is 633 g/mol. The zero-order valence-electron chi connectivity index (χ0n) is 25.4. The van der Waals surface area contributed by atoms with E-state index in [2.05, 4.69) is 20.4 Å². The number of carbonyl (C=O) groups is 2. The van der Waals surface area contributed by atoms with Crippen LogP contribution in [0.1, 0.15) is 61.0 Å². The highest BCUT2D eigenvalue weighted by molar-refractivity contribution is 6.35. The van der Waals surface area contributed by atoms with E-state index >= 15 is 0 Å². The second-order valence-electron chi connectivity index (χ2n) is 10.9. The number of H-pyrrole nitrogens is 1. The molecule has 3 aromatic heterocycles. The van der Waals surface area contributed by atoms with Crippen LogP contribution in [0.2, 0.25) is 10.0 Å². The van der Waals surface area contributed by atoms with Crippen molar-refractivity contribution in [2.75, 3.05) is 11.9 Å². The summed E-state index contributed by atoms with van der Waals surface area (Å²) in [6.45, 7) is 9.81. The summed E-state index contributed by atoms with van der Waals surface area (Å²) >= 11 is 13.1. The highest BCUT2D eigenvalue weighted by Crippen LogP contribution is 2.40. The third-order valence-corrected chi connectivity index (χ3v) is 8.75. The number of benzene rings is 2. The van der Waals surface area contributed by atoms with Crippen molar-refractivity contribution in [3.05, 3.63) is 91.6 Å². The van der Waals surface area contributed by atoms with E-state index in [1.807, 2.05) is 59.0 Å². The molecule has 0 fully saturated rings. The standard InChI is InChI=1S/C33H33Cl2N5O4/c1-16-12-22(13-17(2)29(16)35)44-11-7-8-23-24-9-10-26(34)28(27-19(4)39-40(6)20(27)5)30(24)38-31(23)32(41)37-21-14-25(33(42)43)18(3)36-15-21/h9-10,12-15,38H,7-8,11H2,1-6H3,(H,37,41)(H,42,43). The molecule has 11 heteroatoms. The molecule has 0 bridgehead atoms. The largest absolute Gasteiger partial charge is 0.494 e. The summed E-state index contributed by atoms with van der Waals surface area (Å²) < 4.78 is 7.86. The molecule has 0 radical (unpaired) electrons. The Morgan fingerprint density at radius 2 is 1.73 bits per heavy atom. The smallest absolute Gasteiger partial charge is 0.337 e. The van der Waals surface area contributed by atoms with E-state index < -0.39 is 11.9 Å². The molecule has 0 aliphatic heterocycles. The Balaban J connectivity index is 1.54. The molecular weight excluding hydrogens is 601 g/mol. The van der Waals surface area contributed by atoms with Crippen LogP contribution in [-0.2, 0) is 13.5 Å². The number of hydrogen-bond donors (Lipinski definition) is 3. The SMILES string of the molecule is Cc1cc(OCCCc2c(C(=O)Nc3cnc(C)c(C(=O)O)c3)[nH]c3c(-c4c(C)nn(C)c4C)c(Cl)ccc23)cc(C)c1Cl. The third-order valence-electron chi connectivity index (χ3n) is 7.84. The number of pyridine rings is 1. The van der Waals surface area contributed by atoms with Crippen LogP contribution in [0.4, 0.5) is 5.69 Å². The van der Waals surface area contributed by atoms with Gasteiger partial charge in [-0.2, -0.15) is 5.10 Å². The van der Waals surface area contributed by atoms with Crippen LogP contribution in [0.5, 0.6) is 5.75 Å². The summed E-state index contributed by atoms with van der Waals surface area (Å²) in [6.07, 6.45) is 2.58. The lowest BCUT2D eigenvalue weighted by Crippen LogP contribution is -2.16. The number of rotatable bonds is 9. The van der Waals surface area contributed by atoms with Crippen molar-refractivity contribution in [3.63, 3.8) is 0 Å². The quantitative estimate of drug-likeness (QED) is 0.142. The van der Waals surface area contributed by atoms with Gasteiger partial charge in [0.05, 0.1) is 46.0 Å². The van der Waals surface area contributed by atoms with Crippen LogP contribution in [0.15, 0.2) is 36.5 Å². The molecule has 0 unspecified atom stereocenters. The fourth-order valence-corrected chi connectivity index (χ4v) is 5.93. The number of nitrogens with zero attached hydrogens (tertiary/aromatic N) is 3. The zero-order valence-corrected chi connectivity index (χ0v) is 26.9. The molecule has 44 heavy (non-hydrogen) atoms. The van der Waals surface area contributed by atoms with Crippen LogP contribution >= 0.6 is 23.2 Å². The maximum Gasteiger partial charge on any atom is 0.337 e. The average Bonchev–Trinajstić information content (AvgIpc) is 3.46. The van der Waals surface area contributed by atoms with Crippen LogP contribution in [-0.4, -0.2) is 43.3 Å². The first-order chi connectivity index (χ1) is 20.9. The number of aromatic nitrogens is 4. The molecule has 2 aromatic carbocycles. The lowest BCUT2D eigenvalue weighted by Gasteiger charge is -2.11. The molecule has 0 atom stereocenters. The number of nitrogens with one attached hydrogen (secondary N) is 2. The second-order valence-corrected chi connectivity index (χ2v) is 11.7. The Hall–Kier alpha value is -4.34. The molecule has 228 valence electrons. The van der Waals surface area contributed by atoms with E-state index in [4.69, 9.17) is 27.9 Å². The molecule has 0 saturated heterocycles. The predicted octanol–water partition coefficient (Wildman–Crippen LogP) is 7.77. The molecule has 0 aliphatic rings. The minimum Gasteiger partial charge on any atom is -0.494 e. The molecule has 3 heterocycles. The van der Waals surface area contributed by atoms with Gasteiger partial charge < -0.3 is 20.1 Å². The fraction of sp³-hybridized carbons (Fsp3) is 0.273. The molecule has 0 aliphatic carbocycles. The van der Waals surface area contributed by atoms with Gasteiger partial charge in [-0.05, 0) is 88.4 Å². The van der Waals surface area contributed by atoms with Crippen molar-refractivity contribution >= 4 is 51.7 Å². The molecule has 0 saturated carbocycles. The first-order valence-electron chi connectivity index (χ1n) is 14.1. The van der Waals surface area contributed by atoms with Crippen LogP contribution < -0.4 is 10.1 Å². The predicted molar refractivity (Wildman–Crippen MR) is 174 cm³/mol. The maximum atomic E-state index is 13.8. The topological polar surface area (TPSA) is 122 Å². The van der Waals surface area contributed by atoms with Crippen molar-refractivity contribution in [1.29, 1.82) is 0 Å². The highest BCUT2D eigenvalue weighted by atomic mass is 35.5. The number of carbonyl (C=O) groups excluding carboxylic acids is 1. The number of hydrogen-bond acceptors (Lipinski definition) is 5. The summed E-state index contributed by atoms with van der Waals surface area (Å²) in [4.78, 5) is 33.0. The van der Waals surface area contributed by atoms with Gasteiger partial charge in [0.25, 0.3) is 5.91 Å². The lowest BCUT2D eigenvalue weighted by molar-refractivity contribution is 0.0695. The Morgan fingerprint density at radius 3 is 2.36 bits per heavy atom. The Labute approximate surface area is 265 Å². The van der Waals surface area contributed by atoms with Crippen LogP contribution in [0.3, 0.4) is 0 Å². The number of carboxylic acids is 1. The van der Waals surface area contributed by atoms with Gasteiger partial charge in [-0.3, -0.25) is 14.5 Å². The summed E-state index contributed by atoms with van der Waals surface area (Å²) in [6, 6.07) is 8.97. The van der Waals surface area contributed by atoms with E-state index in [-0.39, 0.29) is 11.3 Å². The summed E-state index contributed by atoms with van der Waals surface area (Å²) in [5, 5.41) is 19.0. The van der Waals surface area contributed by atoms with E-state index in [1.165, 1.54) is 12.3 Å². The molecular formula is C33H33Cl2N5O4. The molecule has 5 aromatic rings. The van der Waals surface area contributed by atoms with Crippen molar-refractivity contribution in [1.82, 2.24) is 19.7 Å². The normalized spacial score (nSPS) is 11.3. The van der Waals surface area contributed by atoms with Gasteiger partial charge in [-0.15, -0.1) is 0 Å².